The third-order valence-corrected chi connectivity index (χ3v) is 3.94. The summed E-state index contributed by atoms with van der Waals surface area (Å²) < 4.78 is 42.5. The molecule has 0 aromatic heterocycles. The molecule has 0 saturated heterocycles. The Hall–Kier alpha value is -3.09. The van der Waals surface area contributed by atoms with Gasteiger partial charge in [-0.05, 0) is 25.1 Å². The largest absolute Gasteiger partial charge is 0.496 e. The Morgan fingerprint density at radius 2 is 1.63 bits per heavy atom. The van der Waals surface area contributed by atoms with Gasteiger partial charge in [-0.25, -0.2) is 8.78 Å². The number of rotatable bonds is 7. The van der Waals surface area contributed by atoms with Crippen LogP contribution in [-0.4, -0.2) is 27.2 Å². The van der Waals surface area contributed by atoms with Gasteiger partial charge in [0.15, 0.2) is 11.5 Å². The lowest BCUT2D eigenvalue weighted by molar-refractivity contribution is -0.117. The number of benzene rings is 2. The van der Waals surface area contributed by atoms with E-state index in [-0.39, 0.29) is 5.56 Å². The van der Waals surface area contributed by atoms with Gasteiger partial charge in [-0.2, -0.15) is 0 Å². The third-order valence-electron chi connectivity index (χ3n) is 3.94. The number of halogens is 2. The molecular formula is C20H21F2NO4. The molecule has 7 heteroatoms. The van der Waals surface area contributed by atoms with E-state index in [0.717, 1.165) is 12.1 Å². The van der Waals surface area contributed by atoms with Crippen molar-refractivity contribution in [2.45, 2.75) is 13.0 Å². The van der Waals surface area contributed by atoms with Crippen molar-refractivity contribution in [1.29, 1.82) is 0 Å². The predicted molar refractivity (Wildman–Crippen MR) is 98.0 cm³/mol. The summed E-state index contributed by atoms with van der Waals surface area (Å²) in [4.78, 5) is 12.2. The van der Waals surface area contributed by atoms with Crippen LogP contribution in [0.25, 0.3) is 6.08 Å². The normalized spacial score (nSPS) is 11.9. The average Bonchev–Trinajstić information content (AvgIpc) is 2.65. The average molecular weight is 377 g/mol. The molecule has 0 unspecified atom stereocenters. The number of amides is 1. The van der Waals surface area contributed by atoms with E-state index < -0.39 is 23.6 Å². The molecule has 0 aliphatic rings. The fourth-order valence-electron chi connectivity index (χ4n) is 2.54. The van der Waals surface area contributed by atoms with Gasteiger partial charge in [0.2, 0.25) is 5.91 Å². The maximum atomic E-state index is 13.8. The summed E-state index contributed by atoms with van der Waals surface area (Å²) >= 11 is 0. The standard InChI is InChI=1S/C20H21F2NO4/c1-12(15-7-6-14(21)10-16(15)22)23-20(24)8-5-13-9-18(26-3)19(27-4)11-17(13)25-2/h5-12H,1-4H3,(H,23,24)/b8-5+/t12-/m1/s1. The third kappa shape index (κ3) is 4.97. The molecule has 0 radical (unpaired) electrons. The summed E-state index contributed by atoms with van der Waals surface area (Å²) in [6, 6.07) is 5.91. The molecule has 0 saturated carbocycles. The number of hydrogen-bond donors (Lipinski definition) is 1. The lowest BCUT2D eigenvalue weighted by Crippen LogP contribution is -2.25. The van der Waals surface area contributed by atoms with Crippen LogP contribution in [0, 0.1) is 11.6 Å². The lowest BCUT2D eigenvalue weighted by atomic mass is 10.1. The Morgan fingerprint density at radius 3 is 2.22 bits per heavy atom. The molecule has 1 atom stereocenters. The van der Waals surface area contributed by atoms with Crippen LogP contribution in [0.15, 0.2) is 36.4 Å². The molecule has 27 heavy (non-hydrogen) atoms. The first-order valence-electron chi connectivity index (χ1n) is 8.13. The van der Waals surface area contributed by atoms with E-state index in [0.29, 0.717) is 22.8 Å². The molecule has 1 amide bonds. The second-order valence-corrected chi connectivity index (χ2v) is 5.68. The highest BCUT2D eigenvalue weighted by atomic mass is 19.1. The second-order valence-electron chi connectivity index (χ2n) is 5.68. The molecule has 2 aromatic carbocycles. The Bertz CT molecular complexity index is 852. The summed E-state index contributed by atoms with van der Waals surface area (Å²) in [7, 11) is 4.51. The fraction of sp³-hybridized carbons (Fsp3) is 0.250. The summed E-state index contributed by atoms with van der Waals surface area (Å²) in [5.41, 5.74) is 0.799. The Kier molecular flexibility index (Phi) is 6.76. The van der Waals surface area contributed by atoms with Gasteiger partial charge >= 0.3 is 0 Å². The van der Waals surface area contributed by atoms with Gasteiger partial charge in [-0.15, -0.1) is 0 Å². The molecule has 144 valence electrons. The quantitative estimate of drug-likeness (QED) is 0.744. The van der Waals surface area contributed by atoms with Crippen LogP contribution in [0.5, 0.6) is 17.2 Å². The topological polar surface area (TPSA) is 56.8 Å². The summed E-state index contributed by atoms with van der Waals surface area (Å²) in [5.74, 6) is -0.350. The highest BCUT2D eigenvalue weighted by Gasteiger charge is 2.14. The van der Waals surface area contributed by atoms with E-state index in [1.807, 2.05) is 0 Å². The van der Waals surface area contributed by atoms with Gasteiger partial charge in [0, 0.05) is 29.3 Å². The minimum atomic E-state index is -0.715. The van der Waals surface area contributed by atoms with E-state index in [2.05, 4.69) is 5.32 Å². The molecule has 0 heterocycles. The van der Waals surface area contributed by atoms with Crippen molar-refractivity contribution in [1.82, 2.24) is 5.32 Å². The number of nitrogens with one attached hydrogen (secondary N) is 1. The van der Waals surface area contributed by atoms with Gasteiger partial charge in [0.25, 0.3) is 0 Å². The molecule has 5 nitrogen and oxygen atoms in total. The molecule has 0 aliphatic heterocycles. The summed E-state index contributed by atoms with van der Waals surface area (Å²) in [5, 5.41) is 2.63. The minimum Gasteiger partial charge on any atom is -0.496 e. The van der Waals surface area contributed by atoms with Gasteiger partial charge in [-0.1, -0.05) is 6.07 Å². The second kappa shape index (κ2) is 9.02. The van der Waals surface area contributed by atoms with Crippen molar-refractivity contribution >= 4 is 12.0 Å². The molecule has 2 aromatic rings. The number of carbonyl (C=O) groups excluding carboxylic acids is 1. The van der Waals surface area contributed by atoms with E-state index in [9.17, 15) is 13.6 Å². The molecule has 1 N–H and O–H groups in total. The van der Waals surface area contributed by atoms with Crippen LogP contribution in [-0.2, 0) is 4.79 Å². The summed E-state index contributed by atoms with van der Waals surface area (Å²) in [6.45, 7) is 1.61. The Balaban J connectivity index is 2.16. The van der Waals surface area contributed by atoms with E-state index in [1.165, 1.54) is 33.5 Å². The summed E-state index contributed by atoms with van der Waals surface area (Å²) in [6.07, 6.45) is 2.84. The van der Waals surface area contributed by atoms with Crippen LogP contribution >= 0.6 is 0 Å². The zero-order chi connectivity index (χ0) is 20.0. The zero-order valence-corrected chi connectivity index (χ0v) is 15.5. The number of methoxy groups -OCH3 is 3. The van der Waals surface area contributed by atoms with E-state index in [1.54, 1.807) is 25.1 Å². The Morgan fingerprint density at radius 1 is 1.00 bits per heavy atom. The number of hydrogen-bond acceptors (Lipinski definition) is 4. The lowest BCUT2D eigenvalue weighted by Gasteiger charge is -2.14. The molecule has 0 spiro atoms. The van der Waals surface area contributed by atoms with Crippen LogP contribution < -0.4 is 19.5 Å². The highest BCUT2D eigenvalue weighted by molar-refractivity contribution is 5.92. The number of carbonyl (C=O) groups is 1. The molecule has 0 bridgehead atoms. The van der Waals surface area contributed by atoms with Crippen molar-refractivity contribution < 1.29 is 27.8 Å². The highest BCUT2D eigenvalue weighted by Crippen LogP contribution is 2.35. The van der Waals surface area contributed by atoms with Gasteiger partial charge in [-0.3, -0.25) is 4.79 Å². The number of ether oxygens (including phenoxy) is 3. The zero-order valence-electron chi connectivity index (χ0n) is 15.5. The van der Waals surface area contributed by atoms with Crippen molar-refractivity contribution in [3.8, 4) is 17.2 Å². The molecular weight excluding hydrogens is 356 g/mol. The first kappa shape index (κ1) is 20.2. The fourth-order valence-corrected chi connectivity index (χ4v) is 2.54. The smallest absolute Gasteiger partial charge is 0.244 e. The van der Waals surface area contributed by atoms with E-state index in [4.69, 9.17) is 14.2 Å². The first-order valence-corrected chi connectivity index (χ1v) is 8.13. The maximum Gasteiger partial charge on any atom is 0.244 e. The van der Waals surface area contributed by atoms with Crippen LogP contribution in [0.1, 0.15) is 24.1 Å². The van der Waals surface area contributed by atoms with Crippen molar-refractivity contribution in [3.05, 3.63) is 59.2 Å². The van der Waals surface area contributed by atoms with Crippen molar-refractivity contribution in [3.63, 3.8) is 0 Å². The maximum absolute atomic E-state index is 13.8. The molecule has 0 fully saturated rings. The SMILES string of the molecule is COc1cc(OC)c(OC)cc1/C=C/C(=O)N[C@H](C)c1ccc(F)cc1F. The van der Waals surface area contributed by atoms with Crippen molar-refractivity contribution in [2.24, 2.45) is 0 Å². The minimum absolute atomic E-state index is 0.196. The Labute approximate surface area is 156 Å². The predicted octanol–water partition coefficient (Wildman–Crippen LogP) is 3.88. The molecule has 0 aliphatic carbocycles. The van der Waals surface area contributed by atoms with Crippen molar-refractivity contribution in [2.75, 3.05) is 21.3 Å². The van der Waals surface area contributed by atoms with Gasteiger partial charge < -0.3 is 19.5 Å². The van der Waals surface area contributed by atoms with Crippen LogP contribution in [0.3, 0.4) is 0 Å². The van der Waals surface area contributed by atoms with Crippen LogP contribution in [0.2, 0.25) is 0 Å². The molecule has 2 rings (SSSR count). The van der Waals surface area contributed by atoms with Crippen LogP contribution in [0.4, 0.5) is 8.78 Å². The first-order chi connectivity index (χ1) is 12.9. The monoisotopic (exact) mass is 377 g/mol. The van der Waals surface area contributed by atoms with Gasteiger partial charge in [0.05, 0.1) is 27.4 Å². The van der Waals surface area contributed by atoms with E-state index >= 15 is 0 Å². The van der Waals surface area contributed by atoms with Gasteiger partial charge in [0.1, 0.15) is 17.4 Å².